The summed E-state index contributed by atoms with van der Waals surface area (Å²) >= 11 is 8.98. The fraction of sp³-hybridized carbons (Fsp3) is 0.133. The van der Waals surface area contributed by atoms with Gasteiger partial charge in [0, 0.05) is 4.47 Å². The molecule has 2 nitrogen and oxygen atoms in total. The summed E-state index contributed by atoms with van der Waals surface area (Å²) in [6.45, 7) is 1.89. The Morgan fingerprint density at radius 3 is 2.52 bits per heavy atom. The summed E-state index contributed by atoms with van der Waals surface area (Å²) < 4.78 is 30.3. The fourth-order valence-electron chi connectivity index (χ4n) is 2.37. The van der Waals surface area contributed by atoms with Crippen LogP contribution in [0.15, 0.2) is 34.8 Å². The van der Waals surface area contributed by atoms with E-state index in [1.165, 1.54) is 16.7 Å². The molecule has 0 aliphatic carbocycles. The Bertz CT molecular complexity index is 822. The largest absolute Gasteiger partial charge is 0.290 e. The van der Waals surface area contributed by atoms with Crippen molar-refractivity contribution in [2.75, 3.05) is 0 Å². The Hall–Kier alpha value is -1.46. The number of aromatic nitrogens is 2. The van der Waals surface area contributed by atoms with Crippen molar-refractivity contribution in [3.63, 3.8) is 0 Å². The summed E-state index contributed by atoms with van der Waals surface area (Å²) in [5.41, 5.74) is 2.08. The number of rotatable bonds is 2. The van der Waals surface area contributed by atoms with Crippen molar-refractivity contribution in [3.05, 3.63) is 57.8 Å². The van der Waals surface area contributed by atoms with E-state index in [9.17, 15) is 8.78 Å². The first kappa shape index (κ1) is 14.5. The molecular weight excluding hydrogens is 362 g/mol. The molecule has 0 saturated carbocycles. The number of alkyl halides is 1. The Morgan fingerprint density at radius 2 is 1.90 bits per heavy atom. The van der Waals surface area contributed by atoms with Gasteiger partial charge in [0.1, 0.15) is 11.5 Å². The van der Waals surface area contributed by atoms with Gasteiger partial charge in [0.25, 0.3) is 0 Å². The zero-order valence-corrected chi connectivity index (χ0v) is 13.3. The van der Waals surface area contributed by atoms with E-state index >= 15 is 0 Å². The number of nitrogens with zero attached hydrogens (tertiary/aromatic N) is 2. The van der Waals surface area contributed by atoms with Gasteiger partial charge in [-0.25, -0.2) is 13.8 Å². The van der Waals surface area contributed by atoms with Crippen molar-refractivity contribution in [3.8, 4) is 5.69 Å². The van der Waals surface area contributed by atoms with Gasteiger partial charge in [-0.3, -0.25) is 4.57 Å². The van der Waals surface area contributed by atoms with Crippen LogP contribution >= 0.6 is 27.5 Å². The number of aryl methyl sites for hydroxylation is 1. The lowest BCUT2D eigenvalue weighted by atomic mass is 10.2. The van der Waals surface area contributed by atoms with Crippen LogP contribution in [0.25, 0.3) is 16.7 Å². The predicted octanol–water partition coefficient (Wildman–Crippen LogP) is 5.11. The first-order chi connectivity index (χ1) is 10.0. The molecular formula is C15H10BrClF2N2. The lowest BCUT2D eigenvalue weighted by Crippen LogP contribution is -2.05. The molecule has 0 saturated heterocycles. The summed E-state index contributed by atoms with van der Waals surface area (Å²) in [6.07, 6.45) is 0. The molecule has 21 heavy (non-hydrogen) atoms. The van der Waals surface area contributed by atoms with E-state index in [4.69, 9.17) is 11.6 Å². The quantitative estimate of drug-likeness (QED) is 0.572. The molecule has 1 aromatic heterocycles. The minimum absolute atomic E-state index is 0.0586. The summed E-state index contributed by atoms with van der Waals surface area (Å²) in [5.74, 6) is -0.882. The molecule has 0 radical (unpaired) electrons. The maximum atomic E-state index is 14.3. The van der Waals surface area contributed by atoms with Crippen molar-refractivity contribution < 1.29 is 8.78 Å². The highest BCUT2D eigenvalue weighted by atomic mass is 79.9. The maximum Gasteiger partial charge on any atom is 0.151 e. The number of para-hydroxylation sites is 1. The first-order valence-electron chi connectivity index (χ1n) is 6.20. The van der Waals surface area contributed by atoms with Gasteiger partial charge >= 0.3 is 0 Å². The van der Waals surface area contributed by atoms with E-state index in [0.29, 0.717) is 21.3 Å². The van der Waals surface area contributed by atoms with E-state index < -0.39 is 11.6 Å². The van der Waals surface area contributed by atoms with Crippen LogP contribution in [-0.4, -0.2) is 9.55 Å². The third-order valence-corrected chi connectivity index (χ3v) is 3.98. The Morgan fingerprint density at radius 1 is 1.24 bits per heavy atom. The van der Waals surface area contributed by atoms with E-state index in [0.717, 1.165) is 5.56 Å². The Kier molecular flexibility index (Phi) is 3.71. The van der Waals surface area contributed by atoms with Crippen molar-refractivity contribution in [2.45, 2.75) is 12.8 Å². The first-order valence-corrected chi connectivity index (χ1v) is 7.53. The predicted molar refractivity (Wildman–Crippen MR) is 83.0 cm³/mol. The molecule has 0 aliphatic heterocycles. The normalized spacial score (nSPS) is 11.3. The SMILES string of the molecule is Cc1cccc2c1nc(CCl)n2-c1c(F)cc(Br)cc1F. The Labute approximate surface area is 133 Å². The van der Waals surface area contributed by atoms with E-state index in [1.54, 1.807) is 6.07 Å². The number of fused-ring (bicyclic) bond motifs is 1. The molecule has 1 heterocycles. The molecule has 0 amide bonds. The second-order valence-corrected chi connectivity index (χ2v) is 5.84. The average Bonchev–Trinajstić information content (AvgIpc) is 2.78. The van der Waals surface area contributed by atoms with Gasteiger partial charge < -0.3 is 0 Å². The standard InChI is InChI=1S/C15H10BrClF2N2/c1-8-3-2-4-12-14(8)20-13(7-17)21(12)15-10(18)5-9(16)6-11(15)19/h2-6H,7H2,1H3. The third kappa shape index (κ3) is 2.34. The second kappa shape index (κ2) is 5.39. The molecule has 0 fully saturated rings. The fourth-order valence-corrected chi connectivity index (χ4v) is 2.96. The van der Waals surface area contributed by atoms with Crippen LogP contribution in [0.3, 0.4) is 0 Å². The van der Waals surface area contributed by atoms with E-state index in [1.807, 2.05) is 19.1 Å². The number of imidazole rings is 1. The minimum Gasteiger partial charge on any atom is -0.290 e. The summed E-state index contributed by atoms with van der Waals surface area (Å²) in [7, 11) is 0. The minimum atomic E-state index is -0.672. The second-order valence-electron chi connectivity index (χ2n) is 4.66. The number of benzene rings is 2. The molecule has 0 atom stereocenters. The summed E-state index contributed by atoms with van der Waals surface area (Å²) in [6, 6.07) is 7.93. The van der Waals surface area contributed by atoms with Crippen LogP contribution in [-0.2, 0) is 5.88 Å². The molecule has 0 unspecified atom stereocenters. The topological polar surface area (TPSA) is 17.8 Å². The third-order valence-electron chi connectivity index (χ3n) is 3.28. The van der Waals surface area contributed by atoms with Crippen molar-refractivity contribution in [2.24, 2.45) is 0 Å². The highest BCUT2D eigenvalue weighted by molar-refractivity contribution is 9.10. The maximum absolute atomic E-state index is 14.3. The van der Waals surface area contributed by atoms with Gasteiger partial charge in [0.2, 0.25) is 0 Å². The van der Waals surface area contributed by atoms with Gasteiger partial charge in [-0.15, -0.1) is 11.6 Å². The van der Waals surface area contributed by atoms with Crippen LogP contribution in [0.2, 0.25) is 0 Å². The van der Waals surface area contributed by atoms with Crippen molar-refractivity contribution in [1.29, 1.82) is 0 Å². The van der Waals surface area contributed by atoms with Crippen LogP contribution < -0.4 is 0 Å². The molecule has 0 N–H and O–H groups in total. The van der Waals surface area contributed by atoms with Crippen LogP contribution in [0, 0.1) is 18.6 Å². The van der Waals surface area contributed by atoms with Gasteiger partial charge in [-0.2, -0.15) is 0 Å². The lowest BCUT2D eigenvalue weighted by Gasteiger charge is -2.11. The summed E-state index contributed by atoms with van der Waals surface area (Å²) in [4.78, 5) is 4.40. The van der Waals surface area contributed by atoms with Gasteiger partial charge in [0.15, 0.2) is 11.6 Å². The van der Waals surface area contributed by atoms with Gasteiger partial charge in [-0.05, 0) is 30.7 Å². The summed E-state index contributed by atoms with van der Waals surface area (Å²) in [5, 5.41) is 0. The highest BCUT2D eigenvalue weighted by Gasteiger charge is 2.19. The molecule has 108 valence electrons. The smallest absolute Gasteiger partial charge is 0.151 e. The molecule has 0 aliphatic rings. The van der Waals surface area contributed by atoms with Crippen LogP contribution in [0.5, 0.6) is 0 Å². The van der Waals surface area contributed by atoms with Crippen molar-refractivity contribution >= 4 is 38.6 Å². The molecule has 2 aromatic carbocycles. The molecule has 3 rings (SSSR count). The van der Waals surface area contributed by atoms with Crippen LogP contribution in [0.1, 0.15) is 11.4 Å². The molecule has 0 bridgehead atoms. The highest BCUT2D eigenvalue weighted by Crippen LogP contribution is 2.29. The Balaban J connectivity index is 2.42. The van der Waals surface area contributed by atoms with Gasteiger partial charge in [-0.1, -0.05) is 28.1 Å². The monoisotopic (exact) mass is 370 g/mol. The van der Waals surface area contributed by atoms with Crippen molar-refractivity contribution in [1.82, 2.24) is 9.55 Å². The zero-order valence-electron chi connectivity index (χ0n) is 11.0. The number of hydrogen-bond acceptors (Lipinski definition) is 1. The lowest BCUT2D eigenvalue weighted by molar-refractivity contribution is 0.567. The van der Waals surface area contributed by atoms with Crippen LogP contribution in [0.4, 0.5) is 8.78 Å². The molecule has 3 aromatic rings. The van der Waals surface area contributed by atoms with E-state index in [-0.39, 0.29) is 11.6 Å². The average molecular weight is 372 g/mol. The van der Waals surface area contributed by atoms with Gasteiger partial charge in [0.05, 0.1) is 16.9 Å². The van der Waals surface area contributed by atoms with E-state index in [2.05, 4.69) is 20.9 Å². The molecule has 6 heteroatoms. The zero-order chi connectivity index (χ0) is 15.1. The molecule has 0 spiro atoms. The number of halogens is 4. The number of hydrogen-bond donors (Lipinski definition) is 0.